The molecule has 4 rings (SSSR count). The predicted octanol–water partition coefficient (Wildman–Crippen LogP) is 7.38. The van der Waals surface area contributed by atoms with Crippen LogP contribution in [0.25, 0.3) is 0 Å². The van der Waals surface area contributed by atoms with Gasteiger partial charge in [-0.2, -0.15) is 0 Å². The van der Waals surface area contributed by atoms with Crippen molar-refractivity contribution in [2.24, 2.45) is 34.5 Å². The average molecular weight is 391 g/mol. The summed E-state index contributed by atoms with van der Waals surface area (Å²) in [6, 6.07) is 0. The van der Waals surface area contributed by atoms with Gasteiger partial charge in [-0.1, -0.05) is 76.6 Å². The molecule has 156 valence electrons. The fourth-order valence-corrected chi connectivity index (χ4v) is 6.80. The van der Waals surface area contributed by atoms with Gasteiger partial charge in [-0.25, -0.2) is 0 Å². The van der Waals surface area contributed by atoms with Crippen molar-refractivity contribution in [1.29, 1.82) is 0 Å². The molecule has 4 aliphatic carbocycles. The molecule has 5 atom stereocenters. The van der Waals surface area contributed by atoms with Crippen molar-refractivity contribution >= 4 is 5.78 Å². The SMILES string of the molecule is C=C(C=CC(C)C1CCC2=C3C=CC4=CC(=O)CCC4(C)C3CCC21C)C(C)C. The first-order chi connectivity index (χ1) is 13.7. The van der Waals surface area contributed by atoms with Gasteiger partial charge in [0.2, 0.25) is 0 Å². The topological polar surface area (TPSA) is 17.1 Å². The standard InChI is InChI=1S/C28H38O/c1-18(2)19(3)7-8-20(4)24-11-12-25-23-10-9-21-17-22(29)13-15-27(21,5)26(23)14-16-28(24,25)6/h7-10,17-18,20,24,26H,3,11-16H2,1-2,4-6H3. The lowest BCUT2D eigenvalue weighted by molar-refractivity contribution is -0.116. The summed E-state index contributed by atoms with van der Waals surface area (Å²) in [6.07, 6.45) is 18.1. The molecule has 5 unspecified atom stereocenters. The van der Waals surface area contributed by atoms with Crippen LogP contribution in [-0.2, 0) is 4.79 Å². The maximum atomic E-state index is 12.0. The lowest BCUT2D eigenvalue weighted by Crippen LogP contribution is -2.41. The molecule has 1 fully saturated rings. The van der Waals surface area contributed by atoms with Crippen LogP contribution in [0.1, 0.15) is 73.1 Å². The summed E-state index contributed by atoms with van der Waals surface area (Å²) in [5.41, 5.74) is 6.35. The van der Waals surface area contributed by atoms with Gasteiger partial charge >= 0.3 is 0 Å². The summed E-state index contributed by atoms with van der Waals surface area (Å²) >= 11 is 0. The molecule has 1 saturated carbocycles. The number of fused-ring (bicyclic) bond motifs is 4. The number of hydrogen-bond acceptors (Lipinski definition) is 1. The summed E-state index contributed by atoms with van der Waals surface area (Å²) in [5, 5.41) is 0. The van der Waals surface area contributed by atoms with E-state index in [0.717, 1.165) is 6.42 Å². The van der Waals surface area contributed by atoms with E-state index in [1.54, 1.807) is 11.1 Å². The highest BCUT2D eigenvalue weighted by Crippen LogP contribution is 2.63. The summed E-state index contributed by atoms with van der Waals surface area (Å²) in [4.78, 5) is 12.0. The third-order valence-electron chi connectivity index (χ3n) is 8.96. The Hall–Kier alpha value is -1.63. The Balaban J connectivity index is 1.66. The molecule has 1 heteroatoms. The van der Waals surface area contributed by atoms with Crippen LogP contribution in [0.2, 0.25) is 0 Å². The molecule has 0 aromatic rings. The number of allylic oxidation sites excluding steroid dienone is 9. The molecule has 0 bridgehead atoms. The Labute approximate surface area is 177 Å². The molecule has 1 nitrogen and oxygen atoms in total. The van der Waals surface area contributed by atoms with Gasteiger partial charge in [0.05, 0.1) is 0 Å². The van der Waals surface area contributed by atoms with Crippen LogP contribution in [0.5, 0.6) is 0 Å². The number of ketones is 1. The van der Waals surface area contributed by atoms with Crippen LogP contribution < -0.4 is 0 Å². The van der Waals surface area contributed by atoms with Crippen molar-refractivity contribution in [2.45, 2.75) is 73.1 Å². The third kappa shape index (κ3) is 3.25. The van der Waals surface area contributed by atoms with Gasteiger partial charge in [0, 0.05) is 6.42 Å². The molecule has 0 N–H and O–H groups in total. The number of carbonyl (C=O) groups excluding carboxylic acids is 1. The quantitative estimate of drug-likeness (QED) is 0.458. The van der Waals surface area contributed by atoms with E-state index in [4.69, 9.17) is 0 Å². The van der Waals surface area contributed by atoms with Crippen molar-refractivity contribution in [3.63, 3.8) is 0 Å². The minimum Gasteiger partial charge on any atom is -0.295 e. The molecular formula is C28H38O. The maximum Gasteiger partial charge on any atom is 0.156 e. The van der Waals surface area contributed by atoms with E-state index in [-0.39, 0.29) is 5.41 Å². The van der Waals surface area contributed by atoms with Crippen LogP contribution in [0.15, 0.2) is 59.3 Å². The van der Waals surface area contributed by atoms with Crippen LogP contribution in [0.3, 0.4) is 0 Å². The normalized spacial score (nSPS) is 37.4. The molecule has 0 aromatic heterocycles. The average Bonchev–Trinajstić information content (AvgIpc) is 3.03. The highest BCUT2D eigenvalue weighted by atomic mass is 16.1. The van der Waals surface area contributed by atoms with Gasteiger partial charge in [0.15, 0.2) is 5.78 Å². The van der Waals surface area contributed by atoms with Crippen LogP contribution >= 0.6 is 0 Å². The van der Waals surface area contributed by atoms with E-state index in [9.17, 15) is 4.79 Å². The summed E-state index contributed by atoms with van der Waals surface area (Å²) < 4.78 is 0. The number of carbonyl (C=O) groups is 1. The zero-order valence-corrected chi connectivity index (χ0v) is 19.1. The van der Waals surface area contributed by atoms with E-state index in [1.165, 1.54) is 36.8 Å². The fraction of sp³-hybridized carbons (Fsp3) is 0.607. The van der Waals surface area contributed by atoms with E-state index in [2.05, 4.69) is 65.5 Å². The van der Waals surface area contributed by atoms with E-state index >= 15 is 0 Å². The van der Waals surface area contributed by atoms with Crippen molar-refractivity contribution in [2.75, 3.05) is 0 Å². The molecule has 0 saturated heterocycles. The van der Waals surface area contributed by atoms with E-state index < -0.39 is 0 Å². The predicted molar refractivity (Wildman–Crippen MR) is 122 cm³/mol. The zero-order valence-electron chi connectivity index (χ0n) is 19.1. The van der Waals surface area contributed by atoms with Crippen molar-refractivity contribution in [3.8, 4) is 0 Å². The van der Waals surface area contributed by atoms with E-state index in [0.29, 0.717) is 41.3 Å². The highest BCUT2D eigenvalue weighted by molar-refractivity contribution is 5.92. The third-order valence-corrected chi connectivity index (χ3v) is 8.96. The molecule has 4 aliphatic rings. The smallest absolute Gasteiger partial charge is 0.156 e. The zero-order chi connectivity index (χ0) is 21.0. The minimum absolute atomic E-state index is 0.158. The molecule has 0 aliphatic heterocycles. The van der Waals surface area contributed by atoms with Crippen molar-refractivity contribution < 1.29 is 4.79 Å². The van der Waals surface area contributed by atoms with Crippen LogP contribution in [-0.4, -0.2) is 5.78 Å². The van der Waals surface area contributed by atoms with Gasteiger partial charge < -0.3 is 0 Å². The summed E-state index contributed by atoms with van der Waals surface area (Å²) in [7, 11) is 0. The van der Waals surface area contributed by atoms with Crippen molar-refractivity contribution in [1.82, 2.24) is 0 Å². The molecule has 0 radical (unpaired) electrons. The molecule has 29 heavy (non-hydrogen) atoms. The first-order valence-corrected chi connectivity index (χ1v) is 11.7. The lowest BCUT2D eigenvalue weighted by Gasteiger charge is -2.51. The first kappa shape index (κ1) is 20.6. The second-order valence-electron chi connectivity index (χ2n) is 10.9. The number of hydrogen-bond donors (Lipinski definition) is 0. The first-order valence-electron chi connectivity index (χ1n) is 11.7. The van der Waals surface area contributed by atoms with E-state index in [1.807, 2.05) is 6.08 Å². The van der Waals surface area contributed by atoms with Gasteiger partial charge in [-0.3, -0.25) is 4.79 Å². The Morgan fingerprint density at radius 1 is 1.10 bits per heavy atom. The Bertz CT molecular complexity index is 848. The lowest BCUT2D eigenvalue weighted by atomic mass is 9.53. The van der Waals surface area contributed by atoms with Crippen LogP contribution in [0.4, 0.5) is 0 Å². The van der Waals surface area contributed by atoms with Gasteiger partial charge in [-0.05, 0) is 83.8 Å². The summed E-state index contributed by atoms with van der Waals surface area (Å²) in [6.45, 7) is 16.0. The molecular weight excluding hydrogens is 352 g/mol. The molecule has 0 amide bonds. The second kappa shape index (κ2) is 7.25. The van der Waals surface area contributed by atoms with Crippen molar-refractivity contribution in [3.05, 3.63) is 59.3 Å². The number of rotatable bonds is 4. The molecule has 0 heterocycles. The Morgan fingerprint density at radius 3 is 2.59 bits per heavy atom. The largest absolute Gasteiger partial charge is 0.295 e. The maximum absolute atomic E-state index is 12.0. The van der Waals surface area contributed by atoms with Gasteiger partial charge in [0.1, 0.15) is 0 Å². The molecule has 0 spiro atoms. The van der Waals surface area contributed by atoms with Crippen LogP contribution in [0, 0.1) is 34.5 Å². The van der Waals surface area contributed by atoms with Gasteiger partial charge in [0.25, 0.3) is 0 Å². The van der Waals surface area contributed by atoms with Gasteiger partial charge in [-0.15, -0.1) is 0 Å². The Kier molecular flexibility index (Phi) is 5.16. The highest BCUT2D eigenvalue weighted by Gasteiger charge is 2.53. The molecule has 0 aromatic carbocycles. The Morgan fingerprint density at radius 2 is 1.86 bits per heavy atom. The summed E-state index contributed by atoms with van der Waals surface area (Å²) in [5.74, 6) is 2.72. The monoisotopic (exact) mass is 390 g/mol. The second-order valence-corrected chi connectivity index (χ2v) is 10.9. The fourth-order valence-electron chi connectivity index (χ4n) is 6.80. The minimum atomic E-state index is 0.158.